The zero-order chi connectivity index (χ0) is 22.6. The van der Waals surface area contributed by atoms with Gasteiger partial charge in [-0.15, -0.1) is 0 Å². The van der Waals surface area contributed by atoms with Crippen molar-refractivity contribution >= 4 is 11.9 Å². The van der Waals surface area contributed by atoms with Gasteiger partial charge in [0.25, 0.3) is 0 Å². The van der Waals surface area contributed by atoms with Gasteiger partial charge in [-0.2, -0.15) is 5.10 Å². The normalized spacial score (nSPS) is 16.4. The van der Waals surface area contributed by atoms with E-state index in [-0.39, 0.29) is 11.9 Å². The standard InChI is InChI=1S/C25H27N5O3/c31-24(15-19-2-5-22(6-3-19)30-18-26-17-27-30)29-10-1-9-28(12-13-29)11-8-20-4-7-23-21(14-20)16-33-25(23)32/h2-7,14,17-18H,1,8-13,15-16H2. The number of hydrogen-bond acceptors (Lipinski definition) is 6. The minimum atomic E-state index is -0.222. The number of carbonyl (C=O) groups excluding carboxylic acids is 2. The van der Waals surface area contributed by atoms with Crippen LogP contribution >= 0.6 is 0 Å². The van der Waals surface area contributed by atoms with Crippen LogP contribution in [0.25, 0.3) is 5.69 Å². The summed E-state index contributed by atoms with van der Waals surface area (Å²) in [5.74, 6) is -0.0476. The quantitative estimate of drug-likeness (QED) is 0.542. The molecule has 1 saturated heterocycles. The number of aromatic nitrogens is 3. The highest BCUT2D eigenvalue weighted by Gasteiger charge is 2.22. The van der Waals surface area contributed by atoms with E-state index in [2.05, 4.69) is 21.0 Å². The van der Waals surface area contributed by atoms with E-state index in [0.717, 1.165) is 62.4 Å². The van der Waals surface area contributed by atoms with Crippen LogP contribution in [0.5, 0.6) is 0 Å². The monoisotopic (exact) mass is 445 g/mol. The summed E-state index contributed by atoms with van der Waals surface area (Å²) in [6.45, 7) is 4.74. The lowest BCUT2D eigenvalue weighted by atomic mass is 10.0. The van der Waals surface area contributed by atoms with Gasteiger partial charge in [-0.25, -0.2) is 14.5 Å². The Hall–Kier alpha value is -3.52. The fraction of sp³-hybridized carbons (Fsp3) is 0.360. The van der Waals surface area contributed by atoms with Crippen LogP contribution in [0.1, 0.15) is 33.5 Å². The molecule has 0 atom stereocenters. The lowest BCUT2D eigenvalue weighted by Gasteiger charge is -2.22. The van der Waals surface area contributed by atoms with Crippen molar-refractivity contribution in [2.75, 3.05) is 32.7 Å². The molecular formula is C25H27N5O3. The molecule has 0 aliphatic carbocycles. The first-order chi connectivity index (χ1) is 16.2. The Balaban J connectivity index is 1.11. The van der Waals surface area contributed by atoms with Gasteiger partial charge in [0, 0.05) is 31.7 Å². The first kappa shape index (κ1) is 21.3. The Morgan fingerprint density at radius 1 is 1.00 bits per heavy atom. The third kappa shape index (κ3) is 4.96. The molecule has 8 nitrogen and oxygen atoms in total. The Morgan fingerprint density at radius 3 is 2.67 bits per heavy atom. The van der Waals surface area contributed by atoms with Crippen molar-refractivity contribution in [3.63, 3.8) is 0 Å². The Morgan fingerprint density at radius 2 is 1.85 bits per heavy atom. The first-order valence-electron chi connectivity index (χ1n) is 11.4. The predicted molar refractivity (Wildman–Crippen MR) is 122 cm³/mol. The minimum absolute atomic E-state index is 0.175. The molecule has 5 rings (SSSR count). The fourth-order valence-corrected chi connectivity index (χ4v) is 4.47. The summed E-state index contributed by atoms with van der Waals surface area (Å²) in [6, 6.07) is 13.9. The molecular weight excluding hydrogens is 418 g/mol. The van der Waals surface area contributed by atoms with Gasteiger partial charge >= 0.3 is 5.97 Å². The lowest BCUT2D eigenvalue weighted by molar-refractivity contribution is -0.130. The maximum Gasteiger partial charge on any atom is 0.338 e. The van der Waals surface area contributed by atoms with E-state index >= 15 is 0 Å². The van der Waals surface area contributed by atoms with Crippen molar-refractivity contribution in [2.24, 2.45) is 0 Å². The van der Waals surface area contributed by atoms with Crippen LogP contribution < -0.4 is 0 Å². The maximum absolute atomic E-state index is 12.9. The average Bonchev–Trinajstić information content (AvgIpc) is 3.43. The number of ether oxygens (including phenoxy) is 1. The molecule has 1 aromatic heterocycles. The molecule has 1 fully saturated rings. The van der Waals surface area contributed by atoms with E-state index in [0.29, 0.717) is 18.6 Å². The van der Waals surface area contributed by atoms with Gasteiger partial charge in [0.2, 0.25) is 5.91 Å². The zero-order valence-electron chi connectivity index (χ0n) is 18.5. The molecule has 0 bridgehead atoms. The molecule has 33 heavy (non-hydrogen) atoms. The number of amides is 1. The molecule has 2 aliphatic heterocycles. The molecule has 3 aromatic rings. The number of nitrogens with zero attached hydrogens (tertiary/aromatic N) is 5. The van der Waals surface area contributed by atoms with Gasteiger partial charge < -0.3 is 14.5 Å². The average molecular weight is 446 g/mol. The second-order valence-corrected chi connectivity index (χ2v) is 8.58. The molecule has 170 valence electrons. The summed E-state index contributed by atoms with van der Waals surface area (Å²) in [4.78, 5) is 32.9. The highest BCUT2D eigenvalue weighted by molar-refractivity contribution is 5.93. The SMILES string of the molecule is O=C1OCc2cc(CCN3CCCN(C(=O)Cc4ccc(-n5cncn5)cc4)CC3)ccc21. The van der Waals surface area contributed by atoms with Crippen LogP contribution in [0, 0.1) is 0 Å². The molecule has 2 aromatic carbocycles. The summed E-state index contributed by atoms with van der Waals surface area (Å²) in [7, 11) is 0. The molecule has 0 spiro atoms. The van der Waals surface area contributed by atoms with Crippen molar-refractivity contribution in [3.05, 3.63) is 77.4 Å². The highest BCUT2D eigenvalue weighted by atomic mass is 16.5. The lowest BCUT2D eigenvalue weighted by Crippen LogP contribution is -2.36. The van der Waals surface area contributed by atoms with Gasteiger partial charge in [-0.1, -0.05) is 24.3 Å². The van der Waals surface area contributed by atoms with Gasteiger partial charge in [-0.05, 0) is 48.7 Å². The number of cyclic esters (lactones) is 1. The van der Waals surface area contributed by atoms with Crippen LogP contribution in [-0.2, 0) is 29.0 Å². The van der Waals surface area contributed by atoms with Crippen molar-refractivity contribution < 1.29 is 14.3 Å². The van der Waals surface area contributed by atoms with E-state index in [1.54, 1.807) is 11.0 Å². The van der Waals surface area contributed by atoms with E-state index < -0.39 is 0 Å². The molecule has 0 saturated carbocycles. The second kappa shape index (κ2) is 9.54. The molecule has 0 N–H and O–H groups in total. The summed E-state index contributed by atoms with van der Waals surface area (Å²) < 4.78 is 6.80. The van der Waals surface area contributed by atoms with Crippen LogP contribution in [-0.4, -0.2) is 69.2 Å². The number of hydrogen-bond donors (Lipinski definition) is 0. The number of benzene rings is 2. The summed E-state index contributed by atoms with van der Waals surface area (Å²) in [5.41, 5.74) is 4.83. The molecule has 2 aliphatic rings. The summed E-state index contributed by atoms with van der Waals surface area (Å²) in [5, 5.41) is 4.13. The molecule has 8 heteroatoms. The van der Waals surface area contributed by atoms with Crippen LogP contribution in [0.4, 0.5) is 0 Å². The Labute approximate surface area is 192 Å². The topological polar surface area (TPSA) is 80.6 Å². The van der Waals surface area contributed by atoms with Gasteiger partial charge in [0.15, 0.2) is 0 Å². The fourth-order valence-electron chi connectivity index (χ4n) is 4.47. The van der Waals surface area contributed by atoms with Gasteiger partial charge in [0.1, 0.15) is 19.3 Å². The molecule has 0 radical (unpaired) electrons. The van der Waals surface area contributed by atoms with E-state index in [9.17, 15) is 9.59 Å². The third-order valence-corrected chi connectivity index (χ3v) is 6.38. The van der Waals surface area contributed by atoms with Crippen molar-refractivity contribution in [1.29, 1.82) is 0 Å². The largest absolute Gasteiger partial charge is 0.457 e. The molecule has 0 unspecified atom stereocenters. The number of esters is 1. The van der Waals surface area contributed by atoms with Crippen molar-refractivity contribution in [2.45, 2.75) is 25.9 Å². The van der Waals surface area contributed by atoms with Crippen molar-refractivity contribution in [3.8, 4) is 5.69 Å². The molecule has 1 amide bonds. The second-order valence-electron chi connectivity index (χ2n) is 8.58. The zero-order valence-corrected chi connectivity index (χ0v) is 18.5. The smallest absolute Gasteiger partial charge is 0.338 e. The summed E-state index contributed by atoms with van der Waals surface area (Å²) >= 11 is 0. The Bertz CT molecular complexity index is 1130. The third-order valence-electron chi connectivity index (χ3n) is 6.38. The first-order valence-corrected chi connectivity index (χ1v) is 11.4. The van der Waals surface area contributed by atoms with E-state index in [4.69, 9.17) is 4.74 Å². The van der Waals surface area contributed by atoms with E-state index in [1.807, 2.05) is 41.3 Å². The Kier molecular flexibility index (Phi) is 6.17. The summed E-state index contributed by atoms with van der Waals surface area (Å²) in [6.07, 6.45) is 5.47. The predicted octanol–water partition coefficient (Wildman–Crippen LogP) is 2.26. The van der Waals surface area contributed by atoms with Gasteiger partial charge in [0.05, 0.1) is 17.7 Å². The highest BCUT2D eigenvalue weighted by Crippen LogP contribution is 2.21. The number of rotatable bonds is 6. The number of carbonyl (C=O) groups is 2. The van der Waals surface area contributed by atoms with Crippen LogP contribution in [0.15, 0.2) is 55.1 Å². The minimum Gasteiger partial charge on any atom is -0.457 e. The van der Waals surface area contributed by atoms with Crippen LogP contribution in [0.2, 0.25) is 0 Å². The van der Waals surface area contributed by atoms with Crippen molar-refractivity contribution in [1.82, 2.24) is 24.6 Å². The van der Waals surface area contributed by atoms with Gasteiger partial charge in [-0.3, -0.25) is 4.79 Å². The van der Waals surface area contributed by atoms with Crippen LogP contribution in [0.3, 0.4) is 0 Å². The van der Waals surface area contributed by atoms with E-state index in [1.165, 1.54) is 11.9 Å². The maximum atomic E-state index is 12.9. The number of fused-ring (bicyclic) bond motifs is 1. The molecule has 3 heterocycles.